The molecule has 4 nitrogen and oxygen atoms in total. The Morgan fingerprint density at radius 1 is 0.944 bits per heavy atom. The summed E-state index contributed by atoms with van der Waals surface area (Å²) in [6, 6.07) is 26.9. The quantitative estimate of drug-likeness (QED) is 0.366. The van der Waals surface area contributed by atoms with E-state index in [0.29, 0.717) is 17.9 Å². The average molecular weight is 501 g/mol. The Hall–Kier alpha value is -3.08. The monoisotopic (exact) mass is 500 g/mol. The number of nitrogens with one attached hydrogen (secondary N) is 1. The first kappa shape index (κ1) is 24.6. The van der Waals surface area contributed by atoms with Gasteiger partial charge in [0.15, 0.2) is 0 Å². The van der Waals surface area contributed by atoms with E-state index in [9.17, 15) is 4.79 Å². The molecule has 1 saturated carbocycles. The van der Waals surface area contributed by atoms with E-state index in [1.807, 2.05) is 24.3 Å². The fourth-order valence-corrected chi connectivity index (χ4v) is 6.30. The molecule has 0 saturated heterocycles. The van der Waals surface area contributed by atoms with E-state index < -0.39 is 5.54 Å². The van der Waals surface area contributed by atoms with Crippen LogP contribution in [0, 0.1) is 0 Å². The summed E-state index contributed by atoms with van der Waals surface area (Å²) in [7, 11) is 3.66. The number of rotatable bonds is 7. The second-order valence-corrected chi connectivity index (χ2v) is 10.6. The predicted octanol–water partition coefficient (Wildman–Crippen LogP) is 6.70. The van der Waals surface area contributed by atoms with Crippen LogP contribution >= 0.6 is 11.6 Å². The van der Waals surface area contributed by atoms with Crippen molar-refractivity contribution in [2.75, 3.05) is 26.0 Å². The zero-order chi connectivity index (χ0) is 25.2. The molecule has 0 aliphatic heterocycles. The van der Waals surface area contributed by atoms with E-state index in [1.165, 1.54) is 29.4 Å². The summed E-state index contributed by atoms with van der Waals surface area (Å²) < 4.78 is 5.32. The van der Waals surface area contributed by atoms with Gasteiger partial charge in [-0.2, -0.15) is 0 Å². The third kappa shape index (κ3) is 4.68. The van der Waals surface area contributed by atoms with E-state index in [-0.39, 0.29) is 11.4 Å². The molecule has 1 spiro atoms. The highest BCUT2D eigenvalue weighted by Crippen LogP contribution is 2.53. The lowest BCUT2D eigenvalue weighted by atomic mass is 9.62. The van der Waals surface area contributed by atoms with Gasteiger partial charge < -0.3 is 10.1 Å². The summed E-state index contributed by atoms with van der Waals surface area (Å²) in [5.74, 6) is -0.213. The van der Waals surface area contributed by atoms with Crippen molar-refractivity contribution in [3.05, 3.63) is 106 Å². The van der Waals surface area contributed by atoms with Gasteiger partial charge in [-0.25, -0.2) is 4.79 Å². The van der Waals surface area contributed by atoms with Crippen LogP contribution in [0.25, 0.3) is 6.08 Å². The van der Waals surface area contributed by atoms with Gasteiger partial charge in [-0.05, 0) is 73.2 Å². The van der Waals surface area contributed by atoms with Gasteiger partial charge in [-0.3, -0.25) is 4.90 Å². The largest absolute Gasteiger partial charge is 0.467 e. The molecule has 36 heavy (non-hydrogen) atoms. The zero-order valence-corrected chi connectivity index (χ0v) is 21.7. The van der Waals surface area contributed by atoms with Gasteiger partial charge in [0.05, 0.1) is 7.11 Å². The molecule has 1 fully saturated rings. The standard InChI is InChI=1S/C31H33ClN2O2/c1-34(21-23-9-4-3-5-10-23)22-25-19-24-11-6-7-14-28(24)30(25)15-17-31(18-16-30,29(35)36-2)33-27-13-8-12-26(32)20-27/h3-14,19-20,33H,15-18,21-22H2,1-2H3. The number of esters is 1. The van der Waals surface area contributed by atoms with Crippen LogP contribution in [0.3, 0.4) is 0 Å². The first-order chi connectivity index (χ1) is 17.4. The molecule has 0 unspecified atom stereocenters. The van der Waals surface area contributed by atoms with Crippen molar-refractivity contribution in [3.8, 4) is 0 Å². The van der Waals surface area contributed by atoms with Gasteiger partial charge in [-0.15, -0.1) is 0 Å². The van der Waals surface area contributed by atoms with Crippen molar-refractivity contribution in [2.24, 2.45) is 0 Å². The number of ether oxygens (including phenoxy) is 1. The normalized spacial score (nSPS) is 22.8. The van der Waals surface area contributed by atoms with Crippen molar-refractivity contribution in [1.29, 1.82) is 0 Å². The number of likely N-dealkylation sites (N-methyl/N-ethyl adjacent to an activating group) is 1. The molecule has 3 aromatic carbocycles. The highest BCUT2D eigenvalue weighted by Gasteiger charge is 2.51. The molecule has 0 radical (unpaired) electrons. The molecule has 2 aliphatic rings. The number of carbonyl (C=O) groups is 1. The van der Waals surface area contributed by atoms with Gasteiger partial charge in [0.25, 0.3) is 0 Å². The highest BCUT2D eigenvalue weighted by atomic mass is 35.5. The number of benzene rings is 3. The Balaban J connectivity index is 1.41. The molecule has 5 heteroatoms. The molecule has 0 aromatic heterocycles. The van der Waals surface area contributed by atoms with Crippen LogP contribution in [0.4, 0.5) is 5.69 Å². The van der Waals surface area contributed by atoms with Crippen LogP contribution in [0.1, 0.15) is 42.4 Å². The maximum atomic E-state index is 13.1. The zero-order valence-electron chi connectivity index (χ0n) is 21.0. The van der Waals surface area contributed by atoms with E-state index in [1.54, 1.807) is 0 Å². The molecule has 0 atom stereocenters. The summed E-state index contributed by atoms with van der Waals surface area (Å²) in [6.07, 6.45) is 5.49. The summed E-state index contributed by atoms with van der Waals surface area (Å²) in [5, 5.41) is 4.16. The number of fused-ring (bicyclic) bond motifs is 2. The number of hydrogen-bond acceptors (Lipinski definition) is 4. The molecule has 1 N–H and O–H groups in total. The predicted molar refractivity (Wildman–Crippen MR) is 147 cm³/mol. The SMILES string of the molecule is COC(=O)C1(Nc2cccc(Cl)c2)CCC2(CC1)C(CN(C)Cc1ccccc1)=Cc1ccccc12. The van der Waals surface area contributed by atoms with Gasteiger partial charge in [0.1, 0.15) is 5.54 Å². The van der Waals surface area contributed by atoms with E-state index in [2.05, 4.69) is 77.9 Å². The Labute approximate surface area is 218 Å². The van der Waals surface area contributed by atoms with Crippen LogP contribution in [0.2, 0.25) is 5.02 Å². The molecule has 186 valence electrons. The summed E-state index contributed by atoms with van der Waals surface area (Å²) in [4.78, 5) is 15.5. The van der Waals surface area contributed by atoms with Crippen LogP contribution in [-0.2, 0) is 21.5 Å². The summed E-state index contributed by atoms with van der Waals surface area (Å²) in [5.41, 5.74) is 5.42. The van der Waals surface area contributed by atoms with Crippen LogP contribution in [0.15, 0.2) is 84.4 Å². The lowest BCUT2D eigenvalue weighted by molar-refractivity contribution is -0.147. The molecule has 0 amide bonds. The average Bonchev–Trinajstić information content (AvgIpc) is 3.18. The number of nitrogens with zero attached hydrogens (tertiary/aromatic N) is 1. The van der Waals surface area contributed by atoms with Gasteiger partial charge >= 0.3 is 5.97 Å². The van der Waals surface area contributed by atoms with Gasteiger partial charge in [0, 0.05) is 29.2 Å². The molecule has 0 bridgehead atoms. The smallest absolute Gasteiger partial charge is 0.331 e. The minimum atomic E-state index is -0.775. The maximum absolute atomic E-state index is 13.1. The minimum Gasteiger partial charge on any atom is -0.467 e. The van der Waals surface area contributed by atoms with E-state index in [4.69, 9.17) is 16.3 Å². The highest BCUT2D eigenvalue weighted by molar-refractivity contribution is 6.30. The third-order valence-corrected chi connectivity index (χ3v) is 8.13. The molecule has 0 heterocycles. The van der Waals surface area contributed by atoms with E-state index in [0.717, 1.165) is 31.6 Å². The second kappa shape index (κ2) is 10.1. The number of anilines is 1. The summed E-state index contributed by atoms with van der Waals surface area (Å²) >= 11 is 6.23. The molecule has 5 rings (SSSR count). The van der Waals surface area contributed by atoms with E-state index >= 15 is 0 Å². The van der Waals surface area contributed by atoms with Gasteiger partial charge in [-0.1, -0.05) is 78.3 Å². The molecule has 3 aromatic rings. The van der Waals surface area contributed by atoms with Crippen molar-refractivity contribution >= 4 is 29.3 Å². The molecular weight excluding hydrogens is 468 g/mol. The Morgan fingerprint density at radius 2 is 1.67 bits per heavy atom. The Kier molecular flexibility index (Phi) is 6.92. The lowest BCUT2D eigenvalue weighted by Gasteiger charge is -2.46. The molecule has 2 aliphatic carbocycles. The first-order valence-electron chi connectivity index (χ1n) is 12.6. The topological polar surface area (TPSA) is 41.6 Å². The fraction of sp³-hybridized carbons (Fsp3) is 0.323. The van der Waals surface area contributed by atoms with Crippen molar-refractivity contribution in [1.82, 2.24) is 4.90 Å². The number of hydrogen-bond donors (Lipinski definition) is 1. The lowest BCUT2D eigenvalue weighted by Crippen LogP contribution is -2.53. The number of methoxy groups -OCH3 is 1. The maximum Gasteiger partial charge on any atom is 0.331 e. The summed E-state index contributed by atoms with van der Waals surface area (Å²) in [6.45, 7) is 1.78. The Morgan fingerprint density at radius 3 is 2.39 bits per heavy atom. The molecular formula is C31H33ClN2O2. The van der Waals surface area contributed by atoms with Crippen molar-refractivity contribution < 1.29 is 9.53 Å². The van der Waals surface area contributed by atoms with Crippen LogP contribution in [0.5, 0.6) is 0 Å². The fourth-order valence-electron chi connectivity index (χ4n) is 6.11. The first-order valence-corrected chi connectivity index (χ1v) is 13.0. The number of halogens is 1. The minimum absolute atomic E-state index is 0.0743. The number of carbonyl (C=O) groups excluding carboxylic acids is 1. The van der Waals surface area contributed by atoms with Crippen LogP contribution in [-0.4, -0.2) is 37.1 Å². The third-order valence-electron chi connectivity index (χ3n) is 7.90. The van der Waals surface area contributed by atoms with Crippen LogP contribution < -0.4 is 5.32 Å². The van der Waals surface area contributed by atoms with Gasteiger partial charge in [0.2, 0.25) is 0 Å². The van der Waals surface area contributed by atoms with Crippen molar-refractivity contribution in [3.63, 3.8) is 0 Å². The Bertz CT molecular complexity index is 1260. The van der Waals surface area contributed by atoms with Crippen molar-refractivity contribution in [2.45, 2.75) is 43.2 Å². The second-order valence-electron chi connectivity index (χ2n) is 10.2.